The highest BCUT2D eigenvalue weighted by atomic mass is 14.6. The summed E-state index contributed by atoms with van der Waals surface area (Å²) in [7, 11) is 0. The zero-order valence-electron chi connectivity index (χ0n) is 8.35. The van der Waals surface area contributed by atoms with Crippen molar-refractivity contribution >= 4 is 0 Å². The summed E-state index contributed by atoms with van der Waals surface area (Å²) >= 11 is 0. The van der Waals surface area contributed by atoms with Crippen molar-refractivity contribution in [2.75, 3.05) is 0 Å². The molecule has 1 nitrogen and oxygen atoms in total. The lowest BCUT2D eigenvalue weighted by Gasteiger charge is -2.11. The van der Waals surface area contributed by atoms with Gasteiger partial charge >= 0.3 is 0 Å². The predicted octanol–water partition coefficient (Wildman–Crippen LogP) is 3.15. The van der Waals surface area contributed by atoms with E-state index in [0.717, 1.165) is 24.1 Å². The van der Waals surface area contributed by atoms with Crippen LogP contribution in [0.2, 0.25) is 0 Å². The molecule has 0 aromatic carbocycles. The summed E-state index contributed by atoms with van der Waals surface area (Å²) in [6.45, 7) is 9.86. The molecule has 0 aromatic rings. The highest BCUT2D eigenvalue weighted by molar-refractivity contribution is 5.38. The van der Waals surface area contributed by atoms with Crippen LogP contribution in [0.5, 0.6) is 0 Å². The minimum atomic E-state index is 0.888. The Morgan fingerprint density at radius 2 is 2.08 bits per heavy atom. The number of rotatable bonds is 1. The zero-order chi connectivity index (χ0) is 9.56. The van der Waals surface area contributed by atoms with Gasteiger partial charge in [0.1, 0.15) is 0 Å². The Balaban J connectivity index is 0.000000561. The van der Waals surface area contributed by atoms with Crippen molar-refractivity contribution in [1.82, 2.24) is 0 Å². The lowest BCUT2D eigenvalue weighted by molar-refractivity contribution is 0.943. The van der Waals surface area contributed by atoms with Crippen LogP contribution in [-0.2, 0) is 0 Å². The number of nitrogens with two attached hydrogens (primary N) is 1. The Kier molecular flexibility index (Phi) is 5.18. The van der Waals surface area contributed by atoms with Crippen molar-refractivity contribution in [1.29, 1.82) is 0 Å². The minimum Gasteiger partial charge on any atom is -0.399 e. The van der Waals surface area contributed by atoms with E-state index in [-0.39, 0.29) is 0 Å². The topological polar surface area (TPSA) is 26.0 Å². The van der Waals surface area contributed by atoms with Crippen molar-refractivity contribution < 1.29 is 0 Å². The van der Waals surface area contributed by atoms with E-state index in [0.29, 0.717) is 0 Å². The maximum atomic E-state index is 5.71. The van der Waals surface area contributed by atoms with Gasteiger partial charge in [0.25, 0.3) is 0 Å². The quantitative estimate of drug-likeness (QED) is 0.634. The van der Waals surface area contributed by atoms with E-state index in [1.165, 1.54) is 5.57 Å². The van der Waals surface area contributed by atoms with E-state index >= 15 is 0 Å². The molecule has 1 aliphatic carbocycles. The van der Waals surface area contributed by atoms with Crippen LogP contribution < -0.4 is 5.73 Å². The average Bonchev–Trinajstić information content (AvgIpc) is 2.08. The third kappa shape index (κ3) is 2.95. The minimum absolute atomic E-state index is 0.888. The molecule has 1 rings (SSSR count). The molecule has 68 valence electrons. The molecule has 1 heteroatoms. The molecule has 0 spiro atoms. The third-order valence-corrected chi connectivity index (χ3v) is 1.72. The summed E-state index contributed by atoms with van der Waals surface area (Å²) in [4.78, 5) is 0. The molecule has 0 atom stereocenters. The molecule has 0 unspecified atom stereocenters. The highest BCUT2D eigenvalue weighted by Gasteiger charge is 2.04. The number of hydrogen-bond donors (Lipinski definition) is 1. The molecule has 0 bridgehead atoms. The summed E-state index contributed by atoms with van der Waals surface area (Å²) in [5.74, 6) is 0. The van der Waals surface area contributed by atoms with Crippen LogP contribution in [0.25, 0.3) is 0 Å². The fraction of sp³-hybridized carbons (Fsp3) is 0.455. The van der Waals surface area contributed by atoms with Crippen molar-refractivity contribution in [3.05, 3.63) is 35.6 Å². The fourth-order valence-corrected chi connectivity index (χ4v) is 1.14. The van der Waals surface area contributed by atoms with E-state index in [4.69, 9.17) is 5.73 Å². The van der Waals surface area contributed by atoms with Crippen LogP contribution >= 0.6 is 0 Å². The van der Waals surface area contributed by atoms with Crippen molar-refractivity contribution in [3.63, 3.8) is 0 Å². The first-order valence-corrected chi connectivity index (χ1v) is 4.53. The summed E-state index contributed by atoms with van der Waals surface area (Å²) in [6, 6.07) is 0. The Hall–Kier alpha value is -0.980. The monoisotopic (exact) mass is 165 g/mol. The van der Waals surface area contributed by atoms with Crippen molar-refractivity contribution in [3.8, 4) is 0 Å². The molecule has 0 saturated carbocycles. The lowest BCUT2D eigenvalue weighted by atomic mass is 9.97. The second-order valence-electron chi connectivity index (χ2n) is 2.66. The maximum Gasteiger partial charge on any atom is 0.0345 e. The molecule has 0 aliphatic heterocycles. The van der Waals surface area contributed by atoms with E-state index < -0.39 is 0 Å². The van der Waals surface area contributed by atoms with Crippen LogP contribution in [0.3, 0.4) is 0 Å². The number of hydrogen-bond acceptors (Lipinski definition) is 1. The second kappa shape index (κ2) is 5.64. The molecular weight excluding hydrogens is 146 g/mol. The molecule has 0 aromatic heterocycles. The van der Waals surface area contributed by atoms with Gasteiger partial charge in [-0.1, -0.05) is 32.1 Å². The summed E-state index contributed by atoms with van der Waals surface area (Å²) in [5, 5.41) is 0. The Labute approximate surface area is 75.7 Å². The first-order valence-electron chi connectivity index (χ1n) is 4.53. The Morgan fingerprint density at radius 3 is 2.42 bits per heavy atom. The first-order chi connectivity index (χ1) is 5.72. The standard InChI is InChI=1S/C9H13N.C2H6/c1-7(2)8-5-3-4-6-9(8)10;1-2/h4,6H,1,3,5,10H2,2H3;1-2H3. The second-order valence-corrected chi connectivity index (χ2v) is 2.66. The number of allylic oxidation sites excluding steroid dienone is 4. The van der Waals surface area contributed by atoms with Gasteiger partial charge in [0.2, 0.25) is 0 Å². The molecule has 0 fully saturated rings. The zero-order valence-corrected chi connectivity index (χ0v) is 8.35. The van der Waals surface area contributed by atoms with E-state index in [1.54, 1.807) is 0 Å². The molecular formula is C11H19N. The molecule has 0 radical (unpaired) electrons. The van der Waals surface area contributed by atoms with Crippen LogP contribution in [0.1, 0.15) is 33.6 Å². The molecule has 2 N–H and O–H groups in total. The Morgan fingerprint density at radius 1 is 1.50 bits per heavy atom. The third-order valence-electron chi connectivity index (χ3n) is 1.72. The van der Waals surface area contributed by atoms with Gasteiger partial charge in [0.05, 0.1) is 0 Å². The normalized spacial score (nSPS) is 15.2. The predicted molar refractivity (Wildman–Crippen MR) is 55.7 cm³/mol. The average molecular weight is 165 g/mol. The summed E-state index contributed by atoms with van der Waals surface area (Å²) in [5.41, 5.74) is 8.92. The van der Waals surface area contributed by atoms with Crippen LogP contribution in [-0.4, -0.2) is 0 Å². The van der Waals surface area contributed by atoms with E-state index in [2.05, 4.69) is 12.7 Å². The first kappa shape index (κ1) is 11.0. The molecule has 0 heterocycles. The van der Waals surface area contributed by atoms with Crippen LogP contribution in [0, 0.1) is 0 Å². The van der Waals surface area contributed by atoms with E-state index in [9.17, 15) is 0 Å². The smallest absolute Gasteiger partial charge is 0.0345 e. The molecule has 12 heavy (non-hydrogen) atoms. The fourth-order valence-electron chi connectivity index (χ4n) is 1.14. The van der Waals surface area contributed by atoms with Gasteiger partial charge in [0.15, 0.2) is 0 Å². The van der Waals surface area contributed by atoms with Gasteiger partial charge < -0.3 is 5.73 Å². The maximum absolute atomic E-state index is 5.71. The van der Waals surface area contributed by atoms with Crippen molar-refractivity contribution in [2.24, 2.45) is 5.73 Å². The van der Waals surface area contributed by atoms with Crippen LogP contribution in [0.4, 0.5) is 0 Å². The van der Waals surface area contributed by atoms with E-state index in [1.807, 2.05) is 26.8 Å². The Bertz CT molecular complexity index is 209. The molecule has 0 saturated heterocycles. The molecule has 1 aliphatic rings. The van der Waals surface area contributed by atoms with Gasteiger partial charge in [-0.05, 0) is 31.4 Å². The van der Waals surface area contributed by atoms with Crippen LogP contribution in [0.15, 0.2) is 35.6 Å². The van der Waals surface area contributed by atoms with Gasteiger partial charge in [-0.15, -0.1) is 0 Å². The SMILES string of the molecule is C=C(C)C1=C(N)C=CCC1.CC. The van der Waals surface area contributed by atoms with Gasteiger partial charge in [-0.3, -0.25) is 0 Å². The molecule has 0 amide bonds. The lowest BCUT2D eigenvalue weighted by Crippen LogP contribution is -2.03. The van der Waals surface area contributed by atoms with Gasteiger partial charge in [0, 0.05) is 5.70 Å². The van der Waals surface area contributed by atoms with Gasteiger partial charge in [-0.25, -0.2) is 0 Å². The largest absolute Gasteiger partial charge is 0.399 e. The van der Waals surface area contributed by atoms with Crippen molar-refractivity contribution in [2.45, 2.75) is 33.6 Å². The highest BCUT2D eigenvalue weighted by Crippen LogP contribution is 2.20. The summed E-state index contributed by atoms with van der Waals surface area (Å²) < 4.78 is 0. The summed E-state index contributed by atoms with van der Waals surface area (Å²) in [6.07, 6.45) is 6.22. The van der Waals surface area contributed by atoms with Gasteiger partial charge in [-0.2, -0.15) is 0 Å².